The molecule has 0 fully saturated rings. The molecule has 0 bridgehead atoms. The molecular formula is C19H20ClIN2O4. The summed E-state index contributed by atoms with van der Waals surface area (Å²) < 4.78 is 16.6. The molecule has 1 N–H and O–H groups in total. The van der Waals surface area contributed by atoms with Crippen molar-refractivity contribution in [3.8, 4) is 11.5 Å². The molecular weight excluding hydrogens is 483 g/mol. The van der Waals surface area contributed by atoms with E-state index in [0.29, 0.717) is 29.7 Å². The van der Waals surface area contributed by atoms with Gasteiger partial charge in [0.05, 0.1) is 30.0 Å². The predicted octanol–water partition coefficient (Wildman–Crippen LogP) is 4.02. The Hall–Kier alpha value is -2.00. The van der Waals surface area contributed by atoms with Gasteiger partial charge in [0.25, 0.3) is 0 Å². The van der Waals surface area contributed by atoms with Crippen molar-refractivity contribution in [3.05, 3.63) is 56.1 Å². The van der Waals surface area contributed by atoms with Gasteiger partial charge < -0.3 is 19.6 Å². The van der Waals surface area contributed by atoms with Crippen molar-refractivity contribution in [2.24, 2.45) is 5.10 Å². The van der Waals surface area contributed by atoms with E-state index in [0.717, 1.165) is 14.7 Å². The number of benzene rings is 2. The molecule has 0 radical (unpaired) electrons. The summed E-state index contributed by atoms with van der Waals surface area (Å²) in [6.45, 7) is 2.48. The van der Waals surface area contributed by atoms with Crippen molar-refractivity contribution in [2.75, 3.05) is 20.3 Å². The number of carbonyl (C=O) groups excluding carboxylic acids is 1. The van der Waals surface area contributed by atoms with Gasteiger partial charge in [-0.2, -0.15) is 5.10 Å². The molecule has 6 nitrogen and oxygen atoms in total. The SMILES string of the molecule is CCOC(=O)COc1c(I)cc(/C=N\NCc2ccc(Cl)cc2)cc1OC. The van der Waals surface area contributed by atoms with Gasteiger partial charge in [-0.25, -0.2) is 4.79 Å². The first-order valence-corrected chi connectivity index (χ1v) is 9.65. The van der Waals surface area contributed by atoms with E-state index in [4.69, 9.17) is 25.8 Å². The highest BCUT2D eigenvalue weighted by molar-refractivity contribution is 14.1. The van der Waals surface area contributed by atoms with Crippen LogP contribution in [0, 0.1) is 3.57 Å². The zero-order valence-electron chi connectivity index (χ0n) is 15.0. The standard InChI is InChI=1S/C19H20ClIN2O4/c1-3-26-18(24)12-27-19-16(21)8-14(9-17(19)25-2)11-23-22-10-13-4-6-15(20)7-5-13/h4-9,11,22H,3,10,12H2,1-2H3/b23-11-. The summed E-state index contributed by atoms with van der Waals surface area (Å²) in [7, 11) is 1.54. The third-order valence-corrected chi connectivity index (χ3v) is 4.45. The van der Waals surface area contributed by atoms with Gasteiger partial charge in [0.2, 0.25) is 0 Å². The Labute approximate surface area is 177 Å². The third kappa shape index (κ3) is 6.91. The molecule has 144 valence electrons. The van der Waals surface area contributed by atoms with Gasteiger partial charge in [-0.3, -0.25) is 0 Å². The molecule has 27 heavy (non-hydrogen) atoms. The number of hydrogen-bond donors (Lipinski definition) is 1. The lowest BCUT2D eigenvalue weighted by molar-refractivity contribution is -0.145. The van der Waals surface area contributed by atoms with E-state index in [1.807, 2.05) is 30.3 Å². The highest BCUT2D eigenvalue weighted by atomic mass is 127. The zero-order chi connectivity index (χ0) is 19.6. The average Bonchev–Trinajstić information content (AvgIpc) is 2.65. The first kappa shape index (κ1) is 21.3. The summed E-state index contributed by atoms with van der Waals surface area (Å²) in [4.78, 5) is 11.5. The highest BCUT2D eigenvalue weighted by Gasteiger charge is 2.13. The third-order valence-electron chi connectivity index (χ3n) is 3.39. The monoisotopic (exact) mass is 502 g/mol. The number of carbonyl (C=O) groups is 1. The van der Waals surface area contributed by atoms with Crippen LogP contribution in [-0.4, -0.2) is 32.5 Å². The second-order valence-electron chi connectivity index (χ2n) is 5.35. The lowest BCUT2D eigenvalue weighted by Gasteiger charge is -2.13. The number of halogens is 2. The van der Waals surface area contributed by atoms with Gasteiger partial charge in [0.15, 0.2) is 18.1 Å². The minimum absolute atomic E-state index is 0.170. The first-order valence-electron chi connectivity index (χ1n) is 8.19. The van der Waals surface area contributed by atoms with E-state index in [1.54, 1.807) is 26.3 Å². The molecule has 0 atom stereocenters. The van der Waals surface area contributed by atoms with E-state index in [-0.39, 0.29) is 6.61 Å². The van der Waals surface area contributed by atoms with Crippen molar-refractivity contribution in [1.82, 2.24) is 5.43 Å². The minimum Gasteiger partial charge on any atom is -0.493 e. The second kappa shape index (κ2) is 11.0. The topological polar surface area (TPSA) is 69.2 Å². The number of methoxy groups -OCH3 is 1. The summed E-state index contributed by atoms with van der Waals surface area (Å²) in [6, 6.07) is 11.2. The molecule has 0 saturated heterocycles. The molecule has 0 unspecified atom stereocenters. The van der Waals surface area contributed by atoms with Gasteiger partial charge in [-0.05, 0) is 64.9 Å². The van der Waals surface area contributed by atoms with Crippen molar-refractivity contribution in [3.63, 3.8) is 0 Å². The summed E-state index contributed by atoms with van der Waals surface area (Å²) in [5.74, 6) is 0.593. The van der Waals surface area contributed by atoms with Crippen molar-refractivity contribution in [1.29, 1.82) is 0 Å². The van der Waals surface area contributed by atoms with Crippen LogP contribution in [-0.2, 0) is 16.1 Å². The maximum Gasteiger partial charge on any atom is 0.344 e. The van der Waals surface area contributed by atoms with Crippen LogP contribution in [0.4, 0.5) is 0 Å². The minimum atomic E-state index is -0.424. The molecule has 2 rings (SSSR count). The van der Waals surface area contributed by atoms with Crippen LogP contribution in [0.2, 0.25) is 5.02 Å². The maximum absolute atomic E-state index is 11.5. The van der Waals surface area contributed by atoms with Crippen molar-refractivity contribution in [2.45, 2.75) is 13.5 Å². The summed E-state index contributed by atoms with van der Waals surface area (Å²) in [5, 5.41) is 4.93. The van der Waals surface area contributed by atoms with Crippen LogP contribution in [0.5, 0.6) is 11.5 Å². The van der Waals surface area contributed by atoms with Crippen LogP contribution in [0.3, 0.4) is 0 Å². The number of esters is 1. The van der Waals surface area contributed by atoms with E-state index in [1.165, 1.54) is 0 Å². The fourth-order valence-corrected chi connectivity index (χ4v) is 3.05. The molecule has 0 spiro atoms. The molecule has 0 aliphatic rings. The summed E-state index contributed by atoms with van der Waals surface area (Å²) in [6.07, 6.45) is 1.69. The Kier molecular flexibility index (Phi) is 8.66. The van der Waals surface area contributed by atoms with Crippen LogP contribution < -0.4 is 14.9 Å². The summed E-state index contributed by atoms with van der Waals surface area (Å²) >= 11 is 7.99. The number of ether oxygens (including phenoxy) is 3. The normalized spacial score (nSPS) is 10.7. The molecule has 2 aromatic carbocycles. The molecule has 0 saturated carbocycles. The van der Waals surface area contributed by atoms with E-state index in [2.05, 4.69) is 33.1 Å². The lowest BCUT2D eigenvalue weighted by Crippen LogP contribution is -2.15. The Morgan fingerprint density at radius 2 is 2.04 bits per heavy atom. The first-order chi connectivity index (χ1) is 13.0. The fraction of sp³-hybridized carbons (Fsp3) is 0.263. The van der Waals surface area contributed by atoms with Crippen LogP contribution in [0.1, 0.15) is 18.1 Å². The Balaban J connectivity index is 1.99. The maximum atomic E-state index is 11.5. The molecule has 0 aromatic heterocycles. The molecule has 8 heteroatoms. The fourth-order valence-electron chi connectivity index (χ4n) is 2.15. The van der Waals surface area contributed by atoms with Crippen LogP contribution >= 0.6 is 34.2 Å². The smallest absolute Gasteiger partial charge is 0.344 e. The van der Waals surface area contributed by atoms with Gasteiger partial charge in [-0.1, -0.05) is 23.7 Å². The van der Waals surface area contributed by atoms with E-state index >= 15 is 0 Å². The van der Waals surface area contributed by atoms with E-state index in [9.17, 15) is 4.79 Å². The van der Waals surface area contributed by atoms with Gasteiger partial charge in [0, 0.05) is 5.02 Å². The zero-order valence-corrected chi connectivity index (χ0v) is 17.9. The van der Waals surface area contributed by atoms with Crippen LogP contribution in [0.15, 0.2) is 41.5 Å². The largest absolute Gasteiger partial charge is 0.493 e. The number of rotatable bonds is 9. The van der Waals surface area contributed by atoms with Gasteiger partial charge >= 0.3 is 5.97 Å². The predicted molar refractivity (Wildman–Crippen MR) is 114 cm³/mol. The van der Waals surface area contributed by atoms with Gasteiger partial charge in [0.1, 0.15) is 0 Å². The second-order valence-corrected chi connectivity index (χ2v) is 6.95. The molecule has 0 heterocycles. The molecule has 0 aliphatic carbocycles. The average molecular weight is 503 g/mol. The molecule has 2 aromatic rings. The highest BCUT2D eigenvalue weighted by Crippen LogP contribution is 2.33. The van der Waals surface area contributed by atoms with Crippen molar-refractivity contribution < 1.29 is 19.0 Å². The van der Waals surface area contributed by atoms with Crippen LogP contribution in [0.25, 0.3) is 0 Å². The molecule has 0 aliphatic heterocycles. The Bertz CT molecular complexity index is 797. The van der Waals surface area contributed by atoms with E-state index < -0.39 is 5.97 Å². The molecule has 0 amide bonds. The quantitative estimate of drug-likeness (QED) is 0.243. The van der Waals surface area contributed by atoms with Gasteiger partial charge in [-0.15, -0.1) is 0 Å². The number of nitrogens with zero attached hydrogens (tertiary/aromatic N) is 1. The lowest BCUT2D eigenvalue weighted by atomic mass is 10.2. The Morgan fingerprint density at radius 3 is 2.70 bits per heavy atom. The number of hydrazone groups is 1. The number of nitrogens with one attached hydrogen (secondary N) is 1. The van der Waals surface area contributed by atoms with Crippen molar-refractivity contribution >= 4 is 46.4 Å². The summed E-state index contributed by atoms with van der Waals surface area (Å²) in [5.41, 5.74) is 4.90. The number of hydrogen-bond acceptors (Lipinski definition) is 6. The Morgan fingerprint density at radius 1 is 1.30 bits per heavy atom.